The number of hydrogen-bond donors (Lipinski definition) is 1. The molecule has 0 bridgehead atoms. The molecule has 0 saturated heterocycles. The van der Waals surface area contributed by atoms with Crippen molar-refractivity contribution in [3.05, 3.63) is 35.0 Å². The van der Waals surface area contributed by atoms with Gasteiger partial charge in [-0.05, 0) is 31.5 Å². The van der Waals surface area contributed by atoms with Crippen LogP contribution in [0.2, 0.25) is 0 Å². The summed E-state index contributed by atoms with van der Waals surface area (Å²) >= 11 is 0. The number of aromatic nitrogens is 1. The Bertz CT molecular complexity index is 529. The molecule has 0 aliphatic rings. The summed E-state index contributed by atoms with van der Waals surface area (Å²) in [5.74, 6) is 0. The lowest BCUT2D eigenvalue weighted by molar-refractivity contribution is 0.961. The maximum Gasteiger partial charge on any atom is 0.0625 e. The van der Waals surface area contributed by atoms with E-state index in [1.54, 1.807) is 0 Å². The van der Waals surface area contributed by atoms with E-state index in [1.165, 1.54) is 27.7 Å². The summed E-state index contributed by atoms with van der Waals surface area (Å²) in [4.78, 5) is 3.37. The Morgan fingerprint density at radius 1 is 1.33 bits per heavy atom. The van der Waals surface area contributed by atoms with E-state index in [0.717, 1.165) is 6.42 Å². The van der Waals surface area contributed by atoms with Gasteiger partial charge in [-0.2, -0.15) is 5.26 Å². The maximum absolute atomic E-state index is 8.57. The van der Waals surface area contributed by atoms with E-state index in [0.29, 0.717) is 6.42 Å². The molecule has 76 valence electrons. The van der Waals surface area contributed by atoms with Crippen LogP contribution in [0.1, 0.15) is 23.2 Å². The third kappa shape index (κ3) is 1.73. The monoisotopic (exact) mass is 198 g/mol. The van der Waals surface area contributed by atoms with Crippen LogP contribution in [-0.4, -0.2) is 4.98 Å². The summed E-state index contributed by atoms with van der Waals surface area (Å²) in [6, 6.07) is 8.58. The molecule has 1 aromatic carbocycles. The molecule has 0 radical (unpaired) electrons. The molecule has 2 nitrogen and oxygen atoms in total. The minimum absolute atomic E-state index is 0.576. The Kier molecular flexibility index (Phi) is 2.47. The lowest BCUT2D eigenvalue weighted by Gasteiger charge is -1.95. The van der Waals surface area contributed by atoms with Crippen molar-refractivity contribution < 1.29 is 0 Å². The summed E-state index contributed by atoms with van der Waals surface area (Å²) in [7, 11) is 0. The zero-order chi connectivity index (χ0) is 10.8. The van der Waals surface area contributed by atoms with Gasteiger partial charge < -0.3 is 4.98 Å². The van der Waals surface area contributed by atoms with Crippen LogP contribution in [0.15, 0.2) is 18.2 Å². The van der Waals surface area contributed by atoms with E-state index >= 15 is 0 Å². The molecule has 1 heterocycles. The second-order valence-corrected chi connectivity index (χ2v) is 3.94. The van der Waals surface area contributed by atoms with Gasteiger partial charge in [-0.3, -0.25) is 0 Å². The van der Waals surface area contributed by atoms with Crippen LogP contribution >= 0.6 is 0 Å². The fourth-order valence-electron chi connectivity index (χ4n) is 1.93. The number of hydrogen-bond acceptors (Lipinski definition) is 1. The quantitative estimate of drug-likeness (QED) is 0.790. The first kappa shape index (κ1) is 9.79. The largest absolute Gasteiger partial charge is 0.358 e. The van der Waals surface area contributed by atoms with Gasteiger partial charge in [0.05, 0.1) is 6.07 Å². The van der Waals surface area contributed by atoms with Gasteiger partial charge in [0.2, 0.25) is 0 Å². The van der Waals surface area contributed by atoms with Crippen LogP contribution < -0.4 is 0 Å². The first-order valence-electron chi connectivity index (χ1n) is 5.17. The molecule has 2 aromatic rings. The van der Waals surface area contributed by atoms with Crippen LogP contribution in [0.5, 0.6) is 0 Å². The number of H-pyrrole nitrogens is 1. The van der Waals surface area contributed by atoms with Crippen LogP contribution in [0.3, 0.4) is 0 Å². The molecular weight excluding hydrogens is 184 g/mol. The lowest BCUT2D eigenvalue weighted by Crippen LogP contribution is -1.85. The molecule has 0 aliphatic heterocycles. The molecule has 0 spiro atoms. The predicted octanol–water partition coefficient (Wildman–Crippen LogP) is 3.24. The second kappa shape index (κ2) is 3.78. The van der Waals surface area contributed by atoms with E-state index in [2.05, 4.69) is 43.1 Å². The van der Waals surface area contributed by atoms with Gasteiger partial charge in [-0.1, -0.05) is 11.6 Å². The Balaban J connectivity index is 2.50. The molecule has 2 heteroatoms. The number of nitriles is 1. The number of nitrogens with one attached hydrogen (secondary N) is 1. The van der Waals surface area contributed by atoms with E-state index in [-0.39, 0.29) is 0 Å². The highest BCUT2D eigenvalue weighted by Gasteiger charge is 2.06. The van der Waals surface area contributed by atoms with Gasteiger partial charge in [0.25, 0.3) is 0 Å². The van der Waals surface area contributed by atoms with Crippen LogP contribution in [0.25, 0.3) is 10.9 Å². The third-order valence-corrected chi connectivity index (χ3v) is 2.80. The topological polar surface area (TPSA) is 39.6 Å². The van der Waals surface area contributed by atoms with Gasteiger partial charge in [-0.25, -0.2) is 0 Å². The summed E-state index contributed by atoms with van der Waals surface area (Å²) in [6.07, 6.45) is 1.39. The number of benzene rings is 1. The van der Waals surface area contributed by atoms with Crippen molar-refractivity contribution in [3.8, 4) is 6.07 Å². The normalized spacial score (nSPS) is 10.5. The molecular formula is C13H14N2. The number of nitrogens with zero attached hydrogens (tertiary/aromatic N) is 1. The van der Waals surface area contributed by atoms with Gasteiger partial charge >= 0.3 is 0 Å². The molecule has 15 heavy (non-hydrogen) atoms. The minimum atomic E-state index is 0.576. The highest BCUT2D eigenvalue weighted by atomic mass is 14.7. The number of aromatic amines is 1. The fraction of sp³-hybridized carbons (Fsp3) is 0.308. The van der Waals surface area contributed by atoms with Crippen LogP contribution in [-0.2, 0) is 6.42 Å². The molecule has 0 unspecified atom stereocenters. The van der Waals surface area contributed by atoms with Crippen molar-refractivity contribution in [2.75, 3.05) is 0 Å². The summed E-state index contributed by atoms with van der Waals surface area (Å²) < 4.78 is 0. The smallest absolute Gasteiger partial charge is 0.0625 e. The molecule has 0 fully saturated rings. The van der Waals surface area contributed by atoms with Crippen LogP contribution in [0, 0.1) is 25.2 Å². The Hall–Kier alpha value is -1.75. The molecule has 0 atom stereocenters. The first-order valence-corrected chi connectivity index (χ1v) is 5.17. The maximum atomic E-state index is 8.57. The minimum Gasteiger partial charge on any atom is -0.358 e. The predicted molar refractivity (Wildman–Crippen MR) is 61.7 cm³/mol. The van der Waals surface area contributed by atoms with Crippen molar-refractivity contribution in [2.24, 2.45) is 0 Å². The number of fused-ring (bicyclic) bond motifs is 1. The fourth-order valence-corrected chi connectivity index (χ4v) is 1.93. The Labute approximate surface area is 89.5 Å². The van der Waals surface area contributed by atoms with Crippen molar-refractivity contribution in [2.45, 2.75) is 26.7 Å². The van der Waals surface area contributed by atoms with Gasteiger partial charge in [0.1, 0.15) is 0 Å². The van der Waals surface area contributed by atoms with Crippen LogP contribution in [0.4, 0.5) is 0 Å². The lowest BCUT2D eigenvalue weighted by atomic mass is 10.1. The molecule has 0 aliphatic carbocycles. The van der Waals surface area contributed by atoms with Crippen molar-refractivity contribution in [1.82, 2.24) is 4.98 Å². The van der Waals surface area contributed by atoms with Crippen molar-refractivity contribution >= 4 is 10.9 Å². The van der Waals surface area contributed by atoms with Gasteiger partial charge in [-0.15, -0.1) is 0 Å². The number of rotatable bonds is 2. The van der Waals surface area contributed by atoms with Crippen molar-refractivity contribution in [3.63, 3.8) is 0 Å². The van der Waals surface area contributed by atoms with E-state index < -0.39 is 0 Å². The van der Waals surface area contributed by atoms with E-state index in [4.69, 9.17) is 5.26 Å². The zero-order valence-corrected chi connectivity index (χ0v) is 9.09. The third-order valence-electron chi connectivity index (χ3n) is 2.80. The standard InChI is InChI=1S/C13H14N2/c1-9-5-6-13-11(8-9)10(2)12(15-13)4-3-7-14/h5-6,8,15H,3-4H2,1-2H3. The van der Waals surface area contributed by atoms with E-state index in [1.807, 2.05) is 0 Å². The van der Waals surface area contributed by atoms with Gasteiger partial charge in [0.15, 0.2) is 0 Å². The van der Waals surface area contributed by atoms with E-state index in [9.17, 15) is 0 Å². The molecule has 2 rings (SSSR count). The number of aryl methyl sites for hydroxylation is 3. The van der Waals surface area contributed by atoms with Crippen molar-refractivity contribution in [1.29, 1.82) is 5.26 Å². The zero-order valence-electron chi connectivity index (χ0n) is 9.09. The summed E-state index contributed by atoms with van der Waals surface area (Å²) in [5, 5.41) is 9.85. The highest BCUT2D eigenvalue weighted by Crippen LogP contribution is 2.23. The Morgan fingerprint density at radius 2 is 2.13 bits per heavy atom. The molecule has 0 amide bonds. The average Bonchev–Trinajstić information content (AvgIpc) is 2.53. The highest BCUT2D eigenvalue weighted by molar-refractivity contribution is 5.85. The second-order valence-electron chi connectivity index (χ2n) is 3.94. The molecule has 1 aromatic heterocycles. The summed E-state index contributed by atoms with van der Waals surface area (Å²) in [5.41, 5.74) is 4.92. The Morgan fingerprint density at radius 3 is 2.87 bits per heavy atom. The first-order chi connectivity index (χ1) is 7.22. The average molecular weight is 198 g/mol. The van der Waals surface area contributed by atoms with Gasteiger partial charge in [0, 0.05) is 29.4 Å². The molecule has 0 saturated carbocycles. The summed E-state index contributed by atoms with van der Waals surface area (Å²) in [6.45, 7) is 4.21. The SMILES string of the molecule is Cc1ccc2[nH]c(CCC#N)c(C)c2c1. The molecule has 1 N–H and O–H groups in total.